The number of alkyl halides is 2. The molecule has 2 aliphatic heterocycles. The van der Waals surface area contributed by atoms with E-state index in [1.165, 1.54) is 6.07 Å². The van der Waals surface area contributed by atoms with E-state index in [0.29, 0.717) is 61.5 Å². The smallest absolute Gasteiger partial charge is 0.410 e. The Morgan fingerprint density at radius 3 is 2.26 bits per heavy atom. The Hall–Kier alpha value is -3.62. The number of rotatable bonds is 6. The highest BCUT2D eigenvalue weighted by Crippen LogP contribution is 2.47. The monoisotopic (exact) mass is 542 g/mol. The Morgan fingerprint density at radius 1 is 1.05 bits per heavy atom. The van der Waals surface area contributed by atoms with Gasteiger partial charge in [0.1, 0.15) is 22.7 Å². The molecule has 39 heavy (non-hydrogen) atoms. The Morgan fingerprint density at radius 2 is 1.69 bits per heavy atom. The highest BCUT2D eigenvalue weighted by atomic mass is 19.3. The number of hydrogen-bond donors (Lipinski definition) is 0. The van der Waals surface area contributed by atoms with E-state index < -0.39 is 17.8 Å². The quantitative estimate of drug-likeness (QED) is 0.425. The van der Waals surface area contributed by atoms with Crippen LogP contribution in [0.15, 0.2) is 48.5 Å². The van der Waals surface area contributed by atoms with Crippen molar-refractivity contribution in [3.05, 3.63) is 65.2 Å². The van der Waals surface area contributed by atoms with E-state index in [2.05, 4.69) is 0 Å². The first kappa shape index (κ1) is 28.4. The van der Waals surface area contributed by atoms with Crippen molar-refractivity contribution in [3.8, 4) is 11.5 Å². The van der Waals surface area contributed by atoms with E-state index in [1.54, 1.807) is 34.1 Å². The molecule has 0 saturated carbocycles. The minimum Gasteiger partial charge on any atom is -0.482 e. The standard InChI is InChI=1S/C30H36F2N2O5/c1-6-33(7-2)26(35)21-13-11-20(12-14-21)22-19-30(15-17-34(18-16-30)28(36)39-29(3,4)5)38-24-10-8-9-23(25(22)24)37-27(31)32/h8-14,19,27H,6-7,15-18H2,1-5H3. The first-order valence-electron chi connectivity index (χ1n) is 13.3. The van der Waals surface area contributed by atoms with Crippen molar-refractivity contribution in [1.82, 2.24) is 9.80 Å². The molecule has 1 spiro atoms. The van der Waals surface area contributed by atoms with E-state index in [0.717, 1.165) is 5.56 Å². The molecule has 210 valence electrons. The van der Waals surface area contributed by atoms with Crippen molar-refractivity contribution >= 4 is 17.6 Å². The minimum absolute atomic E-state index is 0.0121. The Labute approximate surface area is 228 Å². The maximum absolute atomic E-state index is 13.3. The number of fused-ring (bicyclic) bond motifs is 1. The number of halogens is 2. The van der Waals surface area contributed by atoms with Gasteiger partial charge in [0.15, 0.2) is 0 Å². The first-order valence-corrected chi connectivity index (χ1v) is 13.3. The van der Waals surface area contributed by atoms with Crippen LogP contribution in [0.3, 0.4) is 0 Å². The molecule has 0 aromatic heterocycles. The fourth-order valence-corrected chi connectivity index (χ4v) is 4.99. The second-order valence-electron chi connectivity index (χ2n) is 10.8. The average molecular weight is 543 g/mol. The molecular formula is C30H36F2N2O5. The van der Waals surface area contributed by atoms with Gasteiger partial charge in [-0.15, -0.1) is 0 Å². The van der Waals surface area contributed by atoms with Crippen molar-refractivity contribution in [2.45, 2.75) is 65.3 Å². The highest BCUT2D eigenvalue weighted by molar-refractivity contribution is 5.95. The van der Waals surface area contributed by atoms with Crippen molar-refractivity contribution in [2.24, 2.45) is 0 Å². The van der Waals surface area contributed by atoms with Crippen LogP contribution in [0.5, 0.6) is 11.5 Å². The SMILES string of the molecule is CCN(CC)C(=O)c1ccc(C2=CC3(CCN(C(=O)OC(C)(C)C)CC3)Oc3cccc(OC(F)F)c32)cc1. The molecule has 0 bridgehead atoms. The maximum atomic E-state index is 13.3. The molecule has 1 saturated heterocycles. The molecule has 2 aromatic rings. The van der Waals surface area contributed by atoms with E-state index in [1.807, 2.05) is 52.8 Å². The third-order valence-corrected chi connectivity index (χ3v) is 6.95. The predicted octanol–water partition coefficient (Wildman–Crippen LogP) is 6.36. The number of carbonyl (C=O) groups excluding carboxylic acids is 2. The summed E-state index contributed by atoms with van der Waals surface area (Å²) in [5, 5.41) is 0. The number of ether oxygens (including phenoxy) is 3. The van der Waals surface area contributed by atoms with Gasteiger partial charge in [0.25, 0.3) is 5.91 Å². The van der Waals surface area contributed by atoms with Gasteiger partial charge >= 0.3 is 12.7 Å². The van der Waals surface area contributed by atoms with Crippen LogP contribution in [0.2, 0.25) is 0 Å². The number of hydrogen-bond acceptors (Lipinski definition) is 5. The van der Waals surface area contributed by atoms with Crippen LogP contribution in [-0.4, -0.2) is 65.8 Å². The summed E-state index contributed by atoms with van der Waals surface area (Å²) in [4.78, 5) is 28.8. The second-order valence-corrected chi connectivity index (χ2v) is 10.8. The maximum Gasteiger partial charge on any atom is 0.410 e. The van der Waals surface area contributed by atoms with Gasteiger partial charge in [-0.1, -0.05) is 18.2 Å². The normalized spacial score (nSPS) is 16.3. The Balaban J connectivity index is 1.69. The summed E-state index contributed by atoms with van der Waals surface area (Å²) in [7, 11) is 0. The van der Waals surface area contributed by atoms with Crippen LogP contribution >= 0.6 is 0 Å². The van der Waals surface area contributed by atoms with Gasteiger partial charge < -0.3 is 24.0 Å². The van der Waals surface area contributed by atoms with Crippen LogP contribution in [0.4, 0.5) is 13.6 Å². The third kappa shape index (κ3) is 6.34. The molecule has 2 aromatic carbocycles. The molecule has 0 unspecified atom stereocenters. The topological polar surface area (TPSA) is 68.3 Å². The van der Waals surface area contributed by atoms with Gasteiger partial charge in [-0.05, 0) is 76.1 Å². The molecular weight excluding hydrogens is 506 g/mol. The van der Waals surface area contributed by atoms with Gasteiger partial charge in [-0.25, -0.2) is 4.79 Å². The summed E-state index contributed by atoms with van der Waals surface area (Å²) in [6, 6.07) is 12.0. The molecule has 0 N–H and O–H groups in total. The zero-order chi connectivity index (χ0) is 28.4. The zero-order valence-corrected chi connectivity index (χ0v) is 23.1. The Kier molecular flexibility index (Phi) is 8.18. The lowest BCUT2D eigenvalue weighted by molar-refractivity contribution is -0.0504. The molecule has 1 fully saturated rings. The lowest BCUT2D eigenvalue weighted by Gasteiger charge is -2.43. The predicted molar refractivity (Wildman–Crippen MR) is 144 cm³/mol. The van der Waals surface area contributed by atoms with Crippen LogP contribution < -0.4 is 9.47 Å². The van der Waals surface area contributed by atoms with Gasteiger partial charge in [-0.2, -0.15) is 8.78 Å². The minimum atomic E-state index is -3.00. The molecule has 7 nitrogen and oxygen atoms in total. The second kappa shape index (κ2) is 11.2. The number of carbonyl (C=O) groups is 2. The number of likely N-dealkylation sites (tertiary alicyclic amines) is 1. The van der Waals surface area contributed by atoms with Crippen molar-refractivity contribution in [1.29, 1.82) is 0 Å². The molecule has 2 heterocycles. The summed E-state index contributed by atoms with van der Waals surface area (Å²) < 4.78 is 43.5. The van der Waals surface area contributed by atoms with Gasteiger partial charge in [0, 0.05) is 44.6 Å². The summed E-state index contributed by atoms with van der Waals surface area (Å²) in [6.45, 7) is 8.37. The fourth-order valence-electron chi connectivity index (χ4n) is 4.99. The molecule has 4 rings (SSSR count). The van der Waals surface area contributed by atoms with Crippen molar-refractivity contribution < 1.29 is 32.6 Å². The van der Waals surface area contributed by atoms with Crippen LogP contribution in [0.1, 0.15) is 68.9 Å². The molecule has 9 heteroatoms. The van der Waals surface area contributed by atoms with Gasteiger partial charge in [-0.3, -0.25) is 4.79 Å². The summed E-state index contributed by atoms with van der Waals surface area (Å²) in [5.74, 6) is 0.373. The Bertz CT molecular complexity index is 1220. The van der Waals surface area contributed by atoms with E-state index in [-0.39, 0.29) is 17.7 Å². The number of nitrogens with zero attached hydrogens (tertiary/aromatic N) is 2. The summed E-state index contributed by atoms with van der Waals surface area (Å²) in [5.41, 5.74) is 1.06. The van der Waals surface area contributed by atoms with E-state index in [9.17, 15) is 18.4 Å². The molecule has 2 amide bonds. The van der Waals surface area contributed by atoms with Crippen LogP contribution in [0, 0.1) is 0 Å². The van der Waals surface area contributed by atoms with E-state index >= 15 is 0 Å². The van der Waals surface area contributed by atoms with Crippen molar-refractivity contribution in [2.75, 3.05) is 26.2 Å². The third-order valence-electron chi connectivity index (χ3n) is 6.95. The zero-order valence-electron chi connectivity index (χ0n) is 23.1. The van der Waals surface area contributed by atoms with Gasteiger partial charge in [0.2, 0.25) is 0 Å². The van der Waals surface area contributed by atoms with Crippen LogP contribution in [-0.2, 0) is 4.74 Å². The summed E-state index contributed by atoms with van der Waals surface area (Å²) in [6.07, 6.45) is 2.56. The number of amides is 2. The fraction of sp³-hybridized carbons (Fsp3) is 0.467. The lowest BCUT2D eigenvalue weighted by atomic mass is 9.82. The van der Waals surface area contributed by atoms with Crippen LogP contribution in [0.25, 0.3) is 5.57 Å². The number of piperidine rings is 1. The van der Waals surface area contributed by atoms with Crippen molar-refractivity contribution in [3.63, 3.8) is 0 Å². The lowest BCUT2D eigenvalue weighted by Crippen LogP contribution is -2.50. The average Bonchev–Trinajstić information content (AvgIpc) is 2.88. The molecule has 2 aliphatic rings. The first-order chi connectivity index (χ1) is 18.4. The number of benzene rings is 2. The van der Waals surface area contributed by atoms with E-state index in [4.69, 9.17) is 14.2 Å². The molecule has 0 aliphatic carbocycles. The highest BCUT2D eigenvalue weighted by Gasteiger charge is 2.41. The largest absolute Gasteiger partial charge is 0.482 e. The summed E-state index contributed by atoms with van der Waals surface area (Å²) >= 11 is 0. The molecule has 0 atom stereocenters. The van der Waals surface area contributed by atoms with Gasteiger partial charge in [0.05, 0.1) is 5.56 Å². The molecule has 0 radical (unpaired) electrons.